The summed E-state index contributed by atoms with van der Waals surface area (Å²) in [6.07, 6.45) is 0.888. The first kappa shape index (κ1) is 19.7. The minimum atomic E-state index is -1.53. The summed E-state index contributed by atoms with van der Waals surface area (Å²) in [7, 11) is 0. The van der Waals surface area contributed by atoms with Gasteiger partial charge in [0.2, 0.25) is 11.6 Å². The van der Waals surface area contributed by atoms with Gasteiger partial charge < -0.3 is 9.47 Å². The maximum absolute atomic E-state index is 14.4. The number of allylic oxidation sites excluding steroid dienone is 1. The number of esters is 1. The number of hydrogen-bond donors (Lipinski definition) is 0. The Hall–Kier alpha value is -2.31. The van der Waals surface area contributed by atoms with E-state index in [0.29, 0.717) is 12.5 Å². The first-order chi connectivity index (χ1) is 11.2. The lowest BCUT2D eigenvalue weighted by molar-refractivity contribution is -0.138. The van der Waals surface area contributed by atoms with Crippen molar-refractivity contribution in [2.45, 2.75) is 40.2 Å². The number of benzene rings is 1. The number of carbonyl (C=O) groups excluding carboxylic acids is 2. The fourth-order valence-electron chi connectivity index (χ4n) is 1.91. The Labute approximate surface area is 138 Å². The van der Waals surface area contributed by atoms with Crippen LogP contribution in [0.1, 0.15) is 44.5 Å². The van der Waals surface area contributed by atoms with E-state index in [-0.39, 0.29) is 6.61 Å². The molecule has 0 heterocycles. The molecule has 0 aliphatic rings. The average molecular weight is 344 g/mol. The predicted octanol–water partition coefficient (Wildman–Crippen LogP) is 3.97. The third-order valence-corrected chi connectivity index (χ3v) is 2.86. The van der Waals surface area contributed by atoms with Crippen LogP contribution >= 0.6 is 0 Å². The van der Waals surface area contributed by atoms with Crippen molar-refractivity contribution in [3.05, 3.63) is 40.7 Å². The van der Waals surface area contributed by atoms with Gasteiger partial charge in [-0.3, -0.25) is 4.79 Å². The Kier molecular flexibility index (Phi) is 7.00. The van der Waals surface area contributed by atoms with Crippen molar-refractivity contribution in [3.63, 3.8) is 0 Å². The van der Waals surface area contributed by atoms with Gasteiger partial charge in [0.15, 0.2) is 17.4 Å². The van der Waals surface area contributed by atoms with Crippen molar-refractivity contribution < 1.29 is 32.2 Å². The first-order valence-electron chi connectivity index (χ1n) is 7.50. The van der Waals surface area contributed by atoms with Gasteiger partial charge in [0.05, 0.1) is 18.3 Å². The van der Waals surface area contributed by atoms with Crippen LogP contribution in [0.4, 0.5) is 13.2 Å². The van der Waals surface area contributed by atoms with Crippen molar-refractivity contribution in [1.82, 2.24) is 0 Å². The van der Waals surface area contributed by atoms with E-state index < -0.39 is 52.2 Å². The number of Topliss-reactive ketones (excluding diaryl/α,β-unsaturated/α-hetero) is 1. The third-order valence-electron chi connectivity index (χ3n) is 2.86. The molecule has 0 saturated heterocycles. The summed E-state index contributed by atoms with van der Waals surface area (Å²) in [5.41, 5.74) is -1.24. The number of carbonyl (C=O) groups is 2. The highest BCUT2D eigenvalue weighted by atomic mass is 19.2. The van der Waals surface area contributed by atoms with E-state index in [2.05, 4.69) is 0 Å². The lowest BCUT2D eigenvalue weighted by atomic mass is 10.0. The Balaban J connectivity index is 3.44. The molecule has 24 heavy (non-hydrogen) atoms. The number of hydrogen-bond acceptors (Lipinski definition) is 4. The van der Waals surface area contributed by atoms with Crippen molar-refractivity contribution in [3.8, 4) is 5.75 Å². The van der Waals surface area contributed by atoms with E-state index in [1.54, 1.807) is 13.8 Å². The minimum absolute atomic E-state index is 0.00907. The molecule has 0 radical (unpaired) electrons. The van der Waals surface area contributed by atoms with Crippen LogP contribution in [0.5, 0.6) is 5.75 Å². The van der Waals surface area contributed by atoms with E-state index in [9.17, 15) is 22.8 Å². The molecule has 0 spiro atoms. The van der Waals surface area contributed by atoms with Crippen LogP contribution in [0.2, 0.25) is 0 Å². The fraction of sp³-hybridized carbons (Fsp3) is 0.412. The molecular formula is C17H19F3O4. The summed E-state index contributed by atoms with van der Waals surface area (Å²) >= 11 is 0. The van der Waals surface area contributed by atoms with Gasteiger partial charge in [-0.25, -0.2) is 13.6 Å². The molecule has 1 rings (SSSR count). The molecule has 0 saturated carbocycles. The second-order valence-electron chi connectivity index (χ2n) is 5.11. The molecule has 4 nitrogen and oxygen atoms in total. The van der Waals surface area contributed by atoms with E-state index in [4.69, 9.17) is 9.47 Å². The van der Waals surface area contributed by atoms with Crippen LogP contribution in [-0.2, 0) is 9.53 Å². The van der Waals surface area contributed by atoms with Crippen LogP contribution in [0.3, 0.4) is 0 Å². The van der Waals surface area contributed by atoms with Crippen LogP contribution in [-0.4, -0.2) is 24.5 Å². The zero-order valence-corrected chi connectivity index (χ0v) is 13.9. The van der Waals surface area contributed by atoms with Gasteiger partial charge in [-0.2, -0.15) is 4.39 Å². The maximum Gasteiger partial charge on any atom is 0.341 e. The van der Waals surface area contributed by atoms with E-state index in [1.165, 1.54) is 19.9 Å². The highest BCUT2D eigenvalue weighted by Crippen LogP contribution is 2.29. The molecule has 1 aromatic carbocycles. The lowest BCUT2D eigenvalue weighted by Crippen LogP contribution is -2.19. The Morgan fingerprint density at radius 1 is 1.17 bits per heavy atom. The van der Waals surface area contributed by atoms with Gasteiger partial charge in [-0.1, -0.05) is 13.0 Å². The van der Waals surface area contributed by atoms with Crippen molar-refractivity contribution >= 4 is 11.8 Å². The fourth-order valence-corrected chi connectivity index (χ4v) is 1.91. The smallest absolute Gasteiger partial charge is 0.341 e. The second-order valence-corrected chi connectivity index (χ2v) is 5.11. The number of halogens is 3. The quantitative estimate of drug-likeness (QED) is 0.188. The SMILES string of the molecule is CCC=C(C(=O)OCC)C(=O)c1cc(F)c(F)c(OC(C)C)c1F. The summed E-state index contributed by atoms with van der Waals surface area (Å²) in [5.74, 6) is -7.39. The van der Waals surface area contributed by atoms with Crippen LogP contribution in [0, 0.1) is 17.5 Å². The van der Waals surface area contributed by atoms with Crippen molar-refractivity contribution in [1.29, 1.82) is 0 Å². The Morgan fingerprint density at radius 3 is 2.29 bits per heavy atom. The van der Waals surface area contributed by atoms with E-state index in [1.807, 2.05) is 0 Å². The van der Waals surface area contributed by atoms with E-state index >= 15 is 0 Å². The summed E-state index contributed by atoms with van der Waals surface area (Å²) in [6.45, 7) is 6.19. The molecule has 0 bridgehead atoms. The highest BCUT2D eigenvalue weighted by Gasteiger charge is 2.29. The van der Waals surface area contributed by atoms with Gasteiger partial charge in [0.1, 0.15) is 5.57 Å². The standard InChI is InChI=1S/C17H19F3O4/c1-5-7-10(17(22)23-6-2)15(21)11-8-12(18)14(20)16(13(11)19)24-9(3)4/h7-9H,5-6H2,1-4H3. The monoisotopic (exact) mass is 344 g/mol. The molecule has 132 valence electrons. The van der Waals surface area contributed by atoms with Gasteiger partial charge in [-0.15, -0.1) is 0 Å². The van der Waals surface area contributed by atoms with E-state index in [0.717, 1.165) is 0 Å². The summed E-state index contributed by atoms with van der Waals surface area (Å²) in [4.78, 5) is 24.3. The van der Waals surface area contributed by atoms with Crippen molar-refractivity contribution in [2.24, 2.45) is 0 Å². The Bertz CT molecular complexity index is 666. The van der Waals surface area contributed by atoms with Gasteiger partial charge in [-0.05, 0) is 33.3 Å². The molecule has 1 aromatic rings. The Morgan fingerprint density at radius 2 is 1.79 bits per heavy atom. The normalized spacial score (nSPS) is 11.6. The zero-order chi connectivity index (χ0) is 18.4. The summed E-state index contributed by atoms with van der Waals surface area (Å²) < 4.78 is 51.6. The molecule has 0 fully saturated rings. The van der Waals surface area contributed by atoms with Gasteiger partial charge in [0, 0.05) is 0 Å². The second kappa shape index (κ2) is 8.52. The van der Waals surface area contributed by atoms with Crippen LogP contribution < -0.4 is 4.74 Å². The van der Waals surface area contributed by atoms with Crippen molar-refractivity contribution in [2.75, 3.05) is 6.61 Å². The van der Waals surface area contributed by atoms with Crippen LogP contribution in [0.15, 0.2) is 17.7 Å². The molecule has 7 heteroatoms. The third kappa shape index (κ3) is 4.37. The molecule has 0 aromatic heterocycles. The summed E-state index contributed by atoms with van der Waals surface area (Å²) in [6, 6.07) is 0.406. The highest BCUT2D eigenvalue weighted by molar-refractivity contribution is 6.24. The predicted molar refractivity (Wildman–Crippen MR) is 81.4 cm³/mol. The van der Waals surface area contributed by atoms with Gasteiger partial charge in [0.25, 0.3) is 0 Å². The molecule has 0 unspecified atom stereocenters. The largest absolute Gasteiger partial charge is 0.485 e. The van der Waals surface area contributed by atoms with Crippen LogP contribution in [0.25, 0.3) is 0 Å². The molecule has 0 aliphatic heterocycles. The summed E-state index contributed by atoms with van der Waals surface area (Å²) in [5, 5.41) is 0. The zero-order valence-electron chi connectivity index (χ0n) is 13.9. The number of rotatable bonds is 7. The first-order valence-corrected chi connectivity index (χ1v) is 7.50. The molecular weight excluding hydrogens is 325 g/mol. The topological polar surface area (TPSA) is 52.6 Å². The van der Waals surface area contributed by atoms with Gasteiger partial charge >= 0.3 is 5.97 Å². The molecule has 0 atom stereocenters. The average Bonchev–Trinajstić information content (AvgIpc) is 2.52. The number of ketones is 1. The molecule has 0 aliphatic carbocycles. The number of ether oxygens (including phenoxy) is 2. The lowest BCUT2D eigenvalue weighted by Gasteiger charge is -2.14. The minimum Gasteiger partial charge on any atom is -0.485 e. The molecule has 0 amide bonds. The maximum atomic E-state index is 14.4. The molecule has 0 N–H and O–H groups in total.